The Hall–Kier alpha value is -2.40. The predicted molar refractivity (Wildman–Crippen MR) is 97.6 cm³/mol. The number of benzene rings is 1. The molecule has 27 heavy (non-hydrogen) atoms. The number of nitrogens with one attached hydrogen (secondary N) is 1. The average Bonchev–Trinajstić information content (AvgIpc) is 3.04. The molecule has 11 heteroatoms. The van der Waals surface area contributed by atoms with Crippen LogP contribution >= 0.6 is 22.7 Å². The molecule has 0 aliphatic rings. The van der Waals surface area contributed by atoms with Crippen molar-refractivity contribution in [3.8, 4) is 5.75 Å². The van der Waals surface area contributed by atoms with Gasteiger partial charge in [0.2, 0.25) is 5.91 Å². The minimum Gasteiger partial charge on any atom is -0.406 e. The molecule has 0 aliphatic carbocycles. The first kappa shape index (κ1) is 19.4. The third-order valence-corrected chi connectivity index (χ3v) is 5.71. The van der Waals surface area contributed by atoms with Crippen molar-refractivity contribution in [1.29, 1.82) is 0 Å². The lowest BCUT2D eigenvalue weighted by molar-refractivity contribution is -0.274. The molecule has 1 aromatic carbocycles. The Morgan fingerprint density at radius 1 is 1.30 bits per heavy atom. The molecule has 0 saturated carbocycles. The molecule has 0 bridgehead atoms. The fourth-order valence-electron chi connectivity index (χ4n) is 2.40. The van der Waals surface area contributed by atoms with Gasteiger partial charge in [-0.2, -0.15) is 0 Å². The third kappa shape index (κ3) is 4.66. The summed E-state index contributed by atoms with van der Waals surface area (Å²) >= 11 is 2.17. The number of fused-ring (bicyclic) bond motifs is 1. The number of ether oxygens (including phenoxy) is 1. The zero-order valence-electron chi connectivity index (χ0n) is 14.2. The molecule has 0 atom stereocenters. The van der Waals surface area contributed by atoms with Crippen molar-refractivity contribution in [2.24, 2.45) is 0 Å². The number of carbonyl (C=O) groups is 1. The number of nitrogens with zero attached hydrogens (tertiary/aromatic N) is 2. The molecule has 1 N–H and O–H groups in total. The van der Waals surface area contributed by atoms with Crippen molar-refractivity contribution >= 4 is 43.9 Å². The SMILES string of the molecule is Cc1sc(=O)n(CCC(=O)Nc2nc3ccc(OC(F)(F)F)cc3s2)c1C. The zero-order chi connectivity index (χ0) is 19.8. The second-order valence-corrected chi connectivity index (χ2v) is 7.85. The number of alkyl halides is 3. The van der Waals surface area contributed by atoms with Crippen molar-refractivity contribution in [2.75, 3.05) is 5.32 Å². The summed E-state index contributed by atoms with van der Waals surface area (Å²) < 4.78 is 42.7. The van der Waals surface area contributed by atoms with E-state index in [4.69, 9.17) is 0 Å². The number of anilines is 1. The van der Waals surface area contributed by atoms with Gasteiger partial charge in [-0.05, 0) is 26.0 Å². The average molecular weight is 417 g/mol. The van der Waals surface area contributed by atoms with E-state index >= 15 is 0 Å². The van der Waals surface area contributed by atoms with E-state index in [1.165, 1.54) is 12.1 Å². The number of halogens is 3. The van der Waals surface area contributed by atoms with E-state index in [2.05, 4.69) is 15.0 Å². The van der Waals surface area contributed by atoms with E-state index in [0.29, 0.717) is 10.2 Å². The highest BCUT2D eigenvalue weighted by Crippen LogP contribution is 2.31. The third-order valence-electron chi connectivity index (χ3n) is 3.78. The molecule has 3 aromatic rings. The van der Waals surface area contributed by atoms with E-state index in [1.807, 2.05) is 13.8 Å². The van der Waals surface area contributed by atoms with Crippen LogP contribution in [-0.4, -0.2) is 21.8 Å². The van der Waals surface area contributed by atoms with Crippen LogP contribution in [-0.2, 0) is 11.3 Å². The molecular weight excluding hydrogens is 403 g/mol. The fraction of sp³-hybridized carbons (Fsp3) is 0.312. The maximum absolute atomic E-state index is 12.3. The van der Waals surface area contributed by atoms with E-state index < -0.39 is 6.36 Å². The molecule has 2 aromatic heterocycles. The summed E-state index contributed by atoms with van der Waals surface area (Å²) in [6, 6.07) is 3.77. The van der Waals surface area contributed by atoms with E-state index in [1.54, 1.807) is 4.57 Å². The fourth-order valence-corrected chi connectivity index (χ4v) is 4.17. The van der Waals surface area contributed by atoms with Gasteiger partial charge in [-0.15, -0.1) is 13.2 Å². The Morgan fingerprint density at radius 3 is 2.67 bits per heavy atom. The Balaban J connectivity index is 1.67. The van der Waals surface area contributed by atoms with Gasteiger partial charge < -0.3 is 14.6 Å². The summed E-state index contributed by atoms with van der Waals surface area (Å²) in [6.45, 7) is 3.91. The summed E-state index contributed by atoms with van der Waals surface area (Å²) in [5.74, 6) is -0.685. The van der Waals surface area contributed by atoms with Gasteiger partial charge in [-0.25, -0.2) is 4.98 Å². The molecule has 0 radical (unpaired) electrons. The minimum atomic E-state index is -4.77. The lowest BCUT2D eigenvalue weighted by Crippen LogP contribution is -2.20. The maximum Gasteiger partial charge on any atom is 0.573 e. The number of aryl methyl sites for hydroxylation is 1. The quantitative estimate of drug-likeness (QED) is 0.679. The number of thiazole rings is 2. The molecule has 0 fully saturated rings. The Kier molecular flexibility index (Phi) is 5.24. The monoisotopic (exact) mass is 417 g/mol. The van der Waals surface area contributed by atoms with Gasteiger partial charge in [0, 0.05) is 29.6 Å². The van der Waals surface area contributed by atoms with Crippen LogP contribution in [0.5, 0.6) is 5.75 Å². The highest BCUT2D eigenvalue weighted by atomic mass is 32.1. The first-order valence-corrected chi connectivity index (χ1v) is 9.39. The van der Waals surface area contributed by atoms with Gasteiger partial charge in [0.05, 0.1) is 10.2 Å². The van der Waals surface area contributed by atoms with Crippen LogP contribution in [0.1, 0.15) is 17.0 Å². The second kappa shape index (κ2) is 7.31. The van der Waals surface area contributed by atoms with Gasteiger partial charge in [0.25, 0.3) is 0 Å². The number of carbonyl (C=O) groups excluding carboxylic acids is 1. The van der Waals surface area contributed by atoms with Crippen molar-refractivity contribution in [3.63, 3.8) is 0 Å². The van der Waals surface area contributed by atoms with Crippen LogP contribution in [0.3, 0.4) is 0 Å². The summed E-state index contributed by atoms with van der Waals surface area (Å²) in [5.41, 5.74) is 1.28. The van der Waals surface area contributed by atoms with Gasteiger partial charge >= 0.3 is 11.2 Å². The van der Waals surface area contributed by atoms with Crippen LogP contribution in [0.15, 0.2) is 23.0 Å². The van der Waals surface area contributed by atoms with Crippen LogP contribution < -0.4 is 14.9 Å². The second-order valence-electron chi connectivity index (χ2n) is 5.66. The van der Waals surface area contributed by atoms with Crippen LogP contribution in [0, 0.1) is 13.8 Å². The first-order chi connectivity index (χ1) is 12.6. The van der Waals surface area contributed by atoms with E-state index in [-0.39, 0.29) is 34.6 Å². The molecular formula is C16H14F3N3O3S2. The van der Waals surface area contributed by atoms with Gasteiger partial charge in [0.1, 0.15) is 5.75 Å². The van der Waals surface area contributed by atoms with E-state index in [0.717, 1.165) is 39.3 Å². The number of aromatic nitrogens is 2. The normalized spacial score (nSPS) is 11.7. The zero-order valence-corrected chi connectivity index (χ0v) is 15.8. The van der Waals surface area contributed by atoms with Crippen molar-refractivity contribution in [2.45, 2.75) is 33.2 Å². The smallest absolute Gasteiger partial charge is 0.406 e. The molecule has 144 valence electrons. The topological polar surface area (TPSA) is 73.2 Å². The first-order valence-electron chi connectivity index (χ1n) is 7.75. The largest absolute Gasteiger partial charge is 0.573 e. The summed E-state index contributed by atoms with van der Waals surface area (Å²) in [7, 11) is 0. The molecule has 0 saturated heterocycles. The van der Waals surface area contributed by atoms with Crippen LogP contribution in [0.2, 0.25) is 0 Å². The number of hydrogen-bond donors (Lipinski definition) is 1. The summed E-state index contributed by atoms with van der Waals surface area (Å²) in [4.78, 5) is 28.9. The molecule has 3 rings (SSSR count). The van der Waals surface area contributed by atoms with Crippen molar-refractivity contribution in [1.82, 2.24) is 9.55 Å². The molecule has 0 aliphatic heterocycles. The number of hydrogen-bond acceptors (Lipinski definition) is 6. The molecule has 0 spiro atoms. The maximum atomic E-state index is 12.3. The summed E-state index contributed by atoms with van der Waals surface area (Å²) in [5, 5.41) is 2.88. The molecule has 0 unspecified atom stereocenters. The van der Waals surface area contributed by atoms with Crippen LogP contribution in [0.25, 0.3) is 10.2 Å². The van der Waals surface area contributed by atoms with Gasteiger partial charge in [0.15, 0.2) is 5.13 Å². The highest BCUT2D eigenvalue weighted by Gasteiger charge is 2.31. The standard InChI is InChI=1S/C16H14F3N3O3S2/c1-8-9(2)26-15(24)22(8)6-5-13(23)21-14-20-11-4-3-10(7-12(11)27-14)25-16(17,18)19/h3-4,7H,5-6H2,1-2H3,(H,20,21,23). The van der Waals surface area contributed by atoms with Gasteiger partial charge in [-0.3, -0.25) is 9.59 Å². The van der Waals surface area contributed by atoms with Crippen molar-refractivity contribution < 1.29 is 22.7 Å². The predicted octanol–water partition coefficient (Wildman–Crippen LogP) is 4.06. The Labute approximate surface area is 159 Å². The lowest BCUT2D eigenvalue weighted by Gasteiger charge is -2.07. The lowest BCUT2D eigenvalue weighted by atomic mass is 10.3. The van der Waals surface area contributed by atoms with Crippen LogP contribution in [0.4, 0.5) is 18.3 Å². The Morgan fingerprint density at radius 2 is 2.04 bits per heavy atom. The van der Waals surface area contributed by atoms with E-state index in [9.17, 15) is 22.8 Å². The summed E-state index contributed by atoms with van der Waals surface area (Å²) in [6.07, 6.45) is -4.69. The molecule has 2 heterocycles. The Bertz CT molecular complexity index is 1050. The number of rotatable bonds is 5. The van der Waals surface area contributed by atoms with Crippen molar-refractivity contribution in [3.05, 3.63) is 38.4 Å². The molecule has 1 amide bonds. The number of amides is 1. The minimum absolute atomic E-state index is 0.0787. The van der Waals surface area contributed by atoms with Gasteiger partial charge in [-0.1, -0.05) is 22.7 Å². The molecule has 6 nitrogen and oxygen atoms in total. The highest BCUT2D eigenvalue weighted by molar-refractivity contribution is 7.22.